The van der Waals surface area contributed by atoms with Crippen molar-refractivity contribution in [2.75, 3.05) is 11.7 Å². The van der Waals surface area contributed by atoms with Crippen LogP contribution in [-0.4, -0.2) is 35.5 Å². The van der Waals surface area contributed by atoms with Crippen LogP contribution in [0.25, 0.3) is 22.4 Å². The molecule has 1 amide bonds. The number of halogens is 3. The Balaban J connectivity index is 2.33. The summed E-state index contributed by atoms with van der Waals surface area (Å²) in [5.41, 5.74) is 0.963. The van der Waals surface area contributed by atoms with Gasteiger partial charge in [0.15, 0.2) is 15.5 Å². The largest absolute Gasteiger partial charge is 0.435 e. The van der Waals surface area contributed by atoms with Gasteiger partial charge in [0.1, 0.15) is 5.69 Å². The van der Waals surface area contributed by atoms with Crippen LogP contribution in [0.3, 0.4) is 0 Å². The summed E-state index contributed by atoms with van der Waals surface area (Å²) in [5, 5.41) is 3.95. The number of carbonyl (C=O) groups is 1. The minimum absolute atomic E-state index is 0.0328. The van der Waals surface area contributed by atoms with Gasteiger partial charge in [0, 0.05) is 36.7 Å². The Morgan fingerprint density at radius 2 is 1.62 bits per heavy atom. The van der Waals surface area contributed by atoms with Gasteiger partial charge in [-0.3, -0.25) is 9.78 Å². The number of alkyl halides is 3. The Morgan fingerprint density at radius 3 is 2.10 bits per heavy atom. The van der Waals surface area contributed by atoms with Gasteiger partial charge in [-0.2, -0.15) is 23.1 Å². The van der Waals surface area contributed by atoms with Crippen LogP contribution in [0, 0.1) is 0 Å². The first-order valence-electron chi connectivity index (χ1n) is 8.17. The van der Waals surface area contributed by atoms with Gasteiger partial charge >= 0.3 is 6.18 Å². The number of nitrogens with one attached hydrogen (secondary N) is 1. The van der Waals surface area contributed by atoms with E-state index in [1.807, 2.05) is 0 Å². The molecule has 0 unspecified atom stereocenters. The first kappa shape index (κ1) is 20.5. The first-order valence-corrected chi connectivity index (χ1v) is 10.1. The molecular formula is C18H15F3N4O3S. The number of pyridine rings is 1. The summed E-state index contributed by atoms with van der Waals surface area (Å²) in [7, 11) is -3.52. The maximum atomic E-state index is 13.9. The second-order valence-electron chi connectivity index (χ2n) is 6.18. The lowest BCUT2D eigenvalue weighted by molar-refractivity contribution is -0.143. The molecule has 3 rings (SSSR count). The molecule has 0 fully saturated rings. The van der Waals surface area contributed by atoms with E-state index in [1.165, 1.54) is 48.8 Å². The number of carbonyl (C=O) groups excluding carboxylic acids is 1. The molecule has 152 valence electrons. The molecular weight excluding hydrogens is 409 g/mol. The smallest absolute Gasteiger partial charge is 0.274 e. The van der Waals surface area contributed by atoms with Crippen molar-refractivity contribution in [3.8, 4) is 22.4 Å². The van der Waals surface area contributed by atoms with E-state index >= 15 is 0 Å². The van der Waals surface area contributed by atoms with Crippen LogP contribution in [0.15, 0.2) is 53.7 Å². The molecule has 0 aliphatic rings. The molecule has 0 spiro atoms. The Labute approximate surface area is 164 Å². The average Bonchev–Trinajstić information content (AvgIpc) is 3.00. The van der Waals surface area contributed by atoms with E-state index in [-0.39, 0.29) is 21.7 Å². The summed E-state index contributed by atoms with van der Waals surface area (Å²) in [6, 6.07) is 7.94. The van der Waals surface area contributed by atoms with Crippen molar-refractivity contribution in [3.63, 3.8) is 0 Å². The van der Waals surface area contributed by atoms with Crippen LogP contribution < -0.4 is 5.43 Å². The van der Waals surface area contributed by atoms with E-state index in [1.54, 1.807) is 0 Å². The molecule has 2 heterocycles. The Hall–Kier alpha value is -3.21. The van der Waals surface area contributed by atoms with Gasteiger partial charge in [0.05, 0.1) is 4.90 Å². The Morgan fingerprint density at radius 1 is 1.03 bits per heavy atom. The van der Waals surface area contributed by atoms with Gasteiger partial charge in [-0.25, -0.2) is 13.8 Å². The lowest BCUT2D eigenvalue weighted by Crippen LogP contribution is -2.27. The molecule has 0 aliphatic heterocycles. The molecule has 0 aliphatic carbocycles. The van der Waals surface area contributed by atoms with Crippen molar-refractivity contribution in [1.82, 2.24) is 14.9 Å². The third-order valence-electron chi connectivity index (χ3n) is 3.94. The lowest BCUT2D eigenvalue weighted by Gasteiger charge is -2.13. The van der Waals surface area contributed by atoms with Crippen molar-refractivity contribution in [2.45, 2.75) is 18.0 Å². The van der Waals surface area contributed by atoms with Crippen LogP contribution >= 0.6 is 0 Å². The number of nitrogens with zero attached hydrogens (tertiary/aromatic N) is 3. The number of amides is 1. The molecule has 7 nitrogen and oxygen atoms in total. The second-order valence-corrected chi connectivity index (χ2v) is 8.20. The number of sulfone groups is 1. The normalized spacial score (nSPS) is 12.0. The van der Waals surface area contributed by atoms with Gasteiger partial charge in [-0.05, 0) is 29.8 Å². The molecule has 0 radical (unpaired) electrons. The zero-order valence-corrected chi connectivity index (χ0v) is 16.0. The number of hydrogen-bond donors (Lipinski definition) is 1. The number of rotatable bonds is 4. The molecule has 11 heteroatoms. The fraction of sp³-hybridized carbons (Fsp3) is 0.167. The maximum Gasteiger partial charge on any atom is 0.435 e. The van der Waals surface area contributed by atoms with E-state index in [0.717, 1.165) is 13.2 Å². The third kappa shape index (κ3) is 4.29. The summed E-state index contributed by atoms with van der Waals surface area (Å²) in [6.45, 7) is 1.06. The van der Waals surface area contributed by atoms with Crippen LogP contribution in [0.4, 0.5) is 13.2 Å². The van der Waals surface area contributed by atoms with Gasteiger partial charge in [-0.1, -0.05) is 12.1 Å². The molecule has 29 heavy (non-hydrogen) atoms. The zero-order chi connectivity index (χ0) is 21.4. The Bertz CT molecular complexity index is 1160. The van der Waals surface area contributed by atoms with E-state index in [9.17, 15) is 26.4 Å². The molecule has 0 saturated carbocycles. The fourth-order valence-corrected chi connectivity index (χ4v) is 3.39. The van der Waals surface area contributed by atoms with Gasteiger partial charge < -0.3 is 0 Å². The highest BCUT2D eigenvalue weighted by atomic mass is 32.2. The van der Waals surface area contributed by atoms with Gasteiger partial charge in [0.25, 0.3) is 0 Å². The molecule has 0 saturated heterocycles. The molecule has 1 aromatic carbocycles. The number of hydrogen-bond acceptors (Lipinski definition) is 5. The van der Waals surface area contributed by atoms with Crippen molar-refractivity contribution >= 4 is 15.7 Å². The van der Waals surface area contributed by atoms with Crippen molar-refractivity contribution in [2.24, 2.45) is 0 Å². The maximum absolute atomic E-state index is 13.9. The van der Waals surface area contributed by atoms with Gasteiger partial charge in [0.2, 0.25) is 5.91 Å². The first-order chi connectivity index (χ1) is 13.5. The average molecular weight is 424 g/mol. The minimum atomic E-state index is -4.86. The minimum Gasteiger partial charge on any atom is -0.274 e. The predicted octanol–water partition coefficient (Wildman–Crippen LogP) is 3.12. The van der Waals surface area contributed by atoms with Gasteiger partial charge in [-0.15, -0.1) is 0 Å². The van der Waals surface area contributed by atoms with E-state index in [0.29, 0.717) is 10.4 Å². The molecule has 1 N–H and O–H groups in total. The van der Waals surface area contributed by atoms with Crippen molar-refractivity contribution < 1.29 is 26.4 Å². The zero-order valence-electron chi connectivity index (χ0n) is 15.2. The summed E-state index contributed by atoms with van der Waals surface area (Å²) in [4.78, 5) is 15.6. The topological polar surface area (TPSA) is 93.9 Å². The standard InChI is InChI=1S/C18H15F3N4O3S/c1-11(26)23-25-17(18(19,20)21)15(16(24-25)13-7-9-22-10-8-13)12-3-5-14(6-4-12)29(2,27)28/h3-10H,1-2H3,(H,23,26). The summed E-state index contributed by atoms with van der Waals surface area (Å²) >= 11 is 0. The summed E-state index contributed by atoms with van der Waals surface area (Å²) in [6.07, 6.45) is -1.06. The van der Waals surface area contributed by atoms with E-state index < -0.39 is 27.6 Å². The monoisotopic (exact) mass is 424 g/mol. The highest BCUT2D eigenvalue weighted by molar-refractivity contribution is 7.90. The highest BCUT2D eigenvalue weighted by Gasteiger charge is 2.41. The fourth-order valence-electron chi connectivity index (χ4n) is 2.76. The predicted molar refractivity (Wildman–Crippen MR) is 99.0 cm³/mol. The Kier molecular flexibility index (Phi) is 5.18. The molecule has 0 bridgehead atoms. The lowest BCUT2D eigenvalue weighted by atomic mass is 9.99. The van der Waals surface area contributed by atoms with Crippen molar-refractivity contribution in [3.05, 3.63) is 54.5 Å². The quantitative estimate of drug-likeness (QED) is 0.695. The van der Waals surface area contributed by atoms with Crippen LogP contribution in [-0.2, 0) is 20.8 Å². The molecule has 2 aromatic heterocycles. The summed E-state index contributed by atoms with van der Waals surface area (Å²) in [5.74, 6) is -0.738. The van der Waals surface area contributed by atoms with E-state index in [4.69, 9.17) is 0 Å². The number of benzene rings is 1. The third-order valence-corrected chi connectivity index (χ3v) is 5.07. The second kappa shape index (κ2) is 7.32. The SMILES string of the molecule is CC(=O)Nn1nc(-c2ccncc2)c(-c2ccc(S(C)(=O)=O)cc2)c1C(F)(F)F. The van der Waals surface area contributed by atoms with E-state index in [2.05, 4.69) is 15.5 Å². The van der Waals surface area contributed by atoms with Crippen LogP contribution in [0.5, 0.6) is 0 Å². The number of aromatic nitrogens is 3. The van der Waals surface area contributed by atoms with Crippen LogP contribution in [0.1, 0.15) is 12.6 Å². The molecule has 0 atom stereocenters. The highest BCUT2D eigenvalue weighted by Crippen LogP contribution is 2.42. The van der Waals surface area contributed by atoms with Crippen LogP contribution in [0.2, 0.25) is 0 Å². The van der Waals surface area contributed by atoms with Crippen molar-refractivity contribution in [1.29, 1.82) is 0 Å². The summed E-state index contributed by atoms with van der Waals surface area (Å²) < 4.78 is 65.1. The molecule has 3 aromatic rings.